The fourth-order valence-electron chi connectivity index (χ4n) is 2.73. The number of hydrogen-bond acceptors (Lipinski definition) is 2. The molecule has 6 heteroatoms. The van der Waals surface area contributed by atoms with Gasteiger partial charge in [0.2, 0.25) is 5.91 Å². The Labute approximate surface area is 128 Å². The van der Waals surface area contributed by atoms with Gasteiger partial charge in [-0.1, -0.05) is 31.2 Å². The number of carbonyl (C=O) groups excluding carboxylic acids is 1. The lowest BCUT2D eigenvalue weighted by molar-refractivity contribution is -0.190. The Balaban J connectivity index is 1.92. The molecular weight excluding hydrogens is 293 g/mol. The molecule has 0 aliphatic carbocycles. The zero-order valence-corrected chi connectivity index (χ0v) is 12.6. The first kappa shape index (κ1) is 16.8. The number of halogens is 3. The van der Waals surface area contributed by atoms with Gasteiger partial charge < -0.3 is 0 Å². The highest BCUT2D eigenvalue weighted by molar-refractivity contribution is 5.77. The van der Waals surface area contributed by atoms with E-state index in [1.165, 1.54) is 5.56 Å². The molecule has 1 aromatic carbocycles. The molecule has 1 aromatic rings. The molecule has 0 radical (unpaired) electrons. The lowest BCUT2D eigenvalue weighted by atomic mass is 10.0. The molecular formula is C16H21F3N2O. The maximum Gasteiger partial charge on any atom is 0.405 e. The van der Waals surface area contributed by atoms with Gasteiger partial charge in [0, 0.05) is 13.0 Å². The third kappa shape index (κ3) is 4.47. The highest BCUT2D eigenvalue weighted by Gasteiger charge is 2.45. The summed E-state index contributed by atoms with van der Waals surface area (Å²) in [6.07, 6.45) is -2.25. The third-order valence-electron chi connectivity index (χ3n) is 3.94. The first-order chi connectivity index (χ1) is 10.4. The van der Waals surface area contributed by atoms with E-state index in [9.17, 15) is 18.0 Å². The highest BCUT2D eigenvalue weighted by Crippen LogP contribution is 2.29. The normalized spacial score (nSPS) is 17.5. The molecule has 0 unspecified atom stereocenters. The summed E-state index contributed by atoms with van der Waals surface area (Å²) >= 11 is 0. The molecule has 22 heavy (non-hydrogen) atoms. The number of hydrogen-bond donors (Lipinski definition) is 1. The predicted octanol–water partition coefficient (Wildman–Crippen LogP) is 3.24. The monoisotopic (exact) mass is 314 g/mol. The number of hydrazine groups is 1. The maximum absolute atomic E-state index is 13.2. The Bertz CT molecular complexity index is 516. The van der Waals surface area contributed by atoms with Gasteiger partial charge in [-0.05, 0) is 36.8 Å². The van der Waals surface area contributed by atoms with Crippen LogP contribution in [0.25, 0.3) is 0 Å². The molecule has 0 saturated carbocycles. The Hall–Kier alpha value is -1.56. The van der Waals surface area contributed by atoms with Gasteiger partial charge in [0.05, 0.1) is 0 Å². The Morgan fingerprint density at radius 3 is 2.64 bits per heavy atom. The minimum absolute atomic E-state index is 0.0138. The lowest BCUT2D eigenvalue weighted by Gasteiger charge is -2.28. The smallest absolute Gasteiger partial charge is 0.288 e. The van der Waals surface area contributed by atoms with Crippen molar-refractivity contribution in [2.75, 3.05) is 6.54 Å². The number of carbonyl (C=O) groups is 1. The van der Waals surface area contributed by atoms with Gasteiger partial charge in [-0.15, -0.1) is 0 Å². The van der Waals surface area contributed by atoms with E-state index in [1.807, 2.05) is 24.3 Å². The second kappa shape index (κ2) is 7.13. The van der Waals surface area contributed by atoms with Crippen molar-refractivity contribution in [2.24, 2.45) is 0 Å². The molecule has 2 rings (SSSR count). The van der Waals surface area contributed by atoms with Gasteiger partial charge in [-0.3, -0.25) is 10.2 Å². The first-order valence-electron chi connectivity index (χ1n) is 7.61. The van der Waals surface area contributed by atoms with Crippen LogP contribution in [0.2, 0.25) is 0 Å². The number of rotatable bonds is 6. The molecule has 1 aliphatic rings. The Morgan fingerprint density at radius 2 is 2.05 bits per heavy atom. The van der Waals surface area contributed by atoms with Gasteiger partial charge in [0.1, 0.15) is 6.04 Å². The summed E-state index contributed by atoms with van der Waals surface area (Å²) < 4.78 is 39.5. The SMILES string of the molecule is CCc1cccc(CCC[C@H](N2CCC(=O)N2)C(F)(F)F)c1. The van der Waals surface area contributed by atoms with Crippen LogP contribution in [0.4, 0.5) is 13.2 Å². The molecule has 1 saturated heterocycles. The average molecular weight is 314 g/mol. The summed E-state index contributed by atoms with van der Waals surface area (Å²) in [5, 5.41) is 1.03. The van der Waals surface area contributed by atoms with E-state index in [0.29, 0.717) is 12.8 Å². The molecule has 1 N–H and O–H groups in total. The lowest BCUT2D eigenvalue weighted by Crippen LogP contribution is -2.49. The van der Waals surface area contributed by atoms with E-state index in [4.69, 9.17) is 0 Å². The predicted molar refractivity (Wildman–Crippen MR) is 78.1 cm³/mol. The first-order valence-corrected chi connectivity index (χ1v) is 7.61. The van der Waals surface area contributed by atoms with Crippen LogP contribution in [0.15, 0.2) is 24.3 Å². The van der Waals surface area contributed by atoms with Crippen molar-refractivity contribution in [1.82, 2.24) is 10.4 Å². The van der Waals surface area contributed by atoms with Crippen LogP contribution in [0.3, 0.4) is 0 Å². The van der Waals surface area contributed by atoms with Gasteiger partial charge in [-0.2, -0.15) is 13.2 Å². The minimum Gasteiger partial charge on any atom is -0.288 e. The zero-order valence-electron chi connectivity index (χ0n) is 12.6. The molecule has 1 aliphatic heterocycles. The number of nitrogens with zero attached hydrogens (tertiary/aromatic N) is 1. The topological polar surface area (TPSA) is 32.3 Å². The third-order valence-corrected chi connectivity index (χ3v) is 3.94. The summed E-state index contributed by atoms with van der Waals surface area (Å²) in [6, 6.07) is 6.34. The maximum atomic E-state index is 13.2. The number of alkyl halides is 3. The van der Waals surface area contributed by atoms with E-state index in [2.05, 4.69) is 12.3 Å². The second-order valence-corrected chi connectivity index (χ2v) is 5.60. The van der Waals surface area contributed by atoms with Gasteiger partial charge in [0.25, 0.3) is 0 Å². The fourth-order valence-corrected chi connectivity index (χ4v) is 2.73. The number of aryl methyl sites for hydroxylation is 2. The van der Waals surface area contributed by atoms with E-state index in [1.54, 1.807) is 0 Å². The van der Waals surface area contributed by atoms with Crippen LogP contribution in [-0.2, 0) is 17.6 Å². The van der Waals surface area contributed by atoms with Crippen LogP contribution in [0.5, 0.6) is 0 Å². The summed E-state index contributed by atoms with van der Waals surface area (Å²) in [7, 11) is 0. The van der Waals surface area contributed by atoms with Crippen molar-refractivity contribution in [2.45, 2.75) is 51.2 Å². The van der Waals surface area contributed by atoms with Gasteiger partial charge in [0.15, 0.2) is 0 Å². The van der Waals surface area contributed by atoms with E-state index < -0.39 is 12.2 Å². The highest BCUT2D eigenvalue weighted by atomic mass is 19.4. The van der Waals surface area contributed by atoms with Gasteiger partial charge in [-0.25, -0.2) is 5.01 Å². The Kier molecular flexibility index (Phi) is 5.45. The summed E-state index contributed by atoms with van der Waals surface area (Å²) in [5.41, 5.74) is 4.55. The molecule has 1 heterocycles. The molecule has 0 aromatic heterocycles. The average Bonchev–Trinajstić information content (AvgIpc) is 2.88. The molecule has 3 nitrogen and oxygen atoms in total. The van der Waals surface area contributed by atoms with Crippen LogP contribution in [0.1, 0.15) is 37.3 Å². The number of nitrogens with one attached hydrogen (secondary N) is 1. The Morgan fingerprint density at radius 1 is 1.32 bits per heavy atom. The molecule has 122 valence electrons. The summed E-state index contributed by atoms with van der Waals surface area (Å²) in [5.74, 6) is -0.343. The molecule has 0 spiro atoms. The van der Waals surface area contributed by atoms with Crippen LogP contribution < -0.4 is 5.43 Å². The fraction of sp³-hybridized carbons (Fsp3) is 0.562. The second-order valence-electron chi connectivity index (χ2n) is 5.60. The van der Waals surface area contributed by atoms with E-state index in [-0.39, 0.29) is 25.3 Å². The van der Waals surface area contributed by atoms with Gasteiger partial charge >= 0.3 is 6.18 Å². The number of benzene rings is 1. The quantitative estimate of drug-likeness (QED) is 0.874. The summed E-state index contributed by atoms with van der Waals surface area (Å²) in [6.45, 7) is 2.17. The number of amides is 1. The molecule has 0 bridgehead atoms. The van der Waals surface area contributed by atoms with Crippen LogP contribution in [-0.4, -0.2) is 29.7 Å². The largest absolute Gasteiger partial charge is 0.405 e. The zero-order chi connectivity index (χ0) is 16.2. The molecule has 1 amide bonds. The van der Waals surface area contributed by atoms with E-state index >= 15 is 0 Å². The van der Waals surface area contributed by atoms with E-state index in [0.717, 1.165) is 17.0 Å². The van der Waals surface area contributed by atoms with Crippen molar-refractivity contribution < 1.29 is 18.0 Å². The van der Waals surface area contributed by atoms with Crippen molar-refractivity contribution in [3.05, 3.63) is 35.4 Å². The van der Waals surface area contributed by atoms with Crippen LogP contribution >= 0.6 is 0 Å². The van der Waals surface area contributed by atoms with Crippen molar-refractivity contribution in [3.63, 3.8) is 0 Å². The van der Waals surface area contributed by atoms with Crippen molar-refractivity contribution >= 4 is 5.91 Å². The van der Waals surface area contributed by atoms with Crippen LogP contribution in [0, 0.1) is 0 Å². The molecule has 1 atom stereocenters. The van der Waals surface area contributed by atoms with Crippen molar-refractivity contribution in [1.29, 1.82) is 0 Å². The summed E-state index contributed by atoms with van der Waals surface area (Å²) in [4.78, 5) is 11.1. The molecule has 1 fully saturated rings. The minimum atomic E-state index is -4.33. The van der Waals surface area contributed by atoms with Crippen molar-refractivity contribution in [3.8, 4) is 0 Å². The standard InChI is InChI=1S/C16H21F3N2O/c1-2-12-5-3-6-13(11-12)7-4-8-14(16(17,18)19)21-10-9-15(22)20-21/h3,5-6,11,14H,2,4,7-10H2,1H3,(H,20,22)/t14-/m0/s1.